The lowest BCUT2D eigenvalue weighted by Crippen LogP contribution is -2.46. The summed E-state index contributed by atoms with van der Waals surface area (Å²) >= 11 is 0. The van der Waals surface area contributed by atoms with Crippen LogP contribution in [-0.2, 0) is 9.59 Å². The quantitative estimate of drug-likeness (QED) is 0.611. The van der Waals surface area contributed by atoms with E-state index >= 15 is 0 Å². The molecule has 1 atom stereocenters. The number of nitrogens with two attached hydrogens (primary N) is 1. The van der Waals surface area contributed by atoms with Crippen LogP contribution >= 0.6 is 0 Å². The maximum Gasteiger partial charge on any atom is 0.321 e. The Morgan fingerprint density at radius 1 is 1.33 bits per heavy atom. The van der Waals surface area contributed by atoms with Crippen LogP contribution in [-0.4, -0.2) is 29.1 Å². The zero-order valence-electron chi connectivity index (χ0n) is 8.74. The van der Waals surface area contributed by atoms with Gasteiger partial charge in [0, 0.05) is 6.04 Å². The number of nitrogens with one attached hydrogen (secondary N) is 1. The van der Waals surface area contributed by atoms with Crippen LogP contribution in [0.15, 0.2) is 0 Å². The summed E-state index contributed by atoms with van der Waals surface area (Å²) in [6.45, 7) is 0. The van der Waals surface area contributed by atoms with Gasteiger partial charge < -0.3 is 16.2 Å². The zero-order valence-corrected chi connectivity index (χ0v) is 8.74. The number of rotatable bonds is 5. The molecule has 1 saturated carbocycles. The molecular formula is C10H18N2O3. The van der Waals surface area contributed by atoms with Gasteiger partial charge in [-0.1, -0.05) is 19.3 Å². The molecule has 1 aliphatic carbocycles. The number of carboxylic acid groups (broad SMARTS) is 1. The molecule has 1 rings (SSSR count). The van der Waals surface area contributed by atoms with Gasteiger partial charge in [-0.25, -0.2) is 0 Å². The number of hydrogen-bond acceptors (Lipinski definition) is 3. The van der Waals surface area contributed by atoms with Gasteiger partial charge in [0.05, 0.1) is 6.42 Å². The Kier molecular flexibility index (Phi) is 4.55. The van der Waals surface area contributed by atoms with Crippen molar-refractivity contribution in [3.8, 4) is 0 Å². The monoisotopic (exact) mass is 214 g/mol. The molecule has 1 unspecified atom stereocenters. The van der Waals surface area contributed by atoms with Crippen molar-refractivity contribution in [2.24, 2.45) is 5.73 Å². The Morgan fingerprint density at radius 2 is 1.93 bits per heavy atom. The second-order valence-corrected chi connectivity index (χ2v) is 4.06. The van der Waals surface area contributed by atoms with Crippen molar-refractivity contribution in [3.05, 3.63) is 0 Å². The van der Waals surface area contributed by atoms with E-state index in [2.05, 4.69) is 5.32 Å². The molecule has 4 N–H and O–H groups in total. The second-order valence-electron chi connectivity index (χ2n) is 4.06. The first kappa shape index (κ1) is 12.0. The number of primary amides is 1. The number of carbonyl (C=O) groups is 2. The molecule has 1 amide bonds. The standard InChI is InChI=1S/C10H18N2O3/c11-9(13)6-8(10(14)15)12-7-4-2-1-3-5-7/h7-8,12H,1-6H2,(H2,11,13)(H,14,15). The molecule has 0 heterocycles. The molecule has 0 aromatic rings. The lowest BCUT2D eigenvalue weighted by molar-refractivity contribution is -0.141. The van der Waals surface area contributed by atoms with Crippen LogP contribution in [0.4, 0.5) is 0 Å². The van der Waals surface area contributed by atoms with Crippen LogP contribution in [0, 0.1) is 0 Å². The first-order valence-corrected chi connectivity index (χ1v) is 5.36. The smallest absolute Gasteiger partial charge is 0.321 e. The Hall–Kier alpha value is -1.10. The first-order valence-electron chi connectivity index (χ1n) is 5.36. The zero-order chi connectivity index (χ0) is 11.3. The molecule has 0 radical (unpaired) electrons. The Labute approximate surface area is 89.0 Å². The molecule has 0 saturated heterocycles. The number of carboxylic acids is 1. The van der Waals surface area contributed by atoms with E-state index in [1.807, 2.05) is 0 Å². The summed E-state index contributed by atoms with van der Waals surface area (Å²) < 4.78 is 0. The van der Waals surface area contributed by atoms with Gasteiger partial charge in [-0.15, -0.1) is 0 Å². The van der Waals surface area contributed by atoms with Crippen molar-refractivity contribution in [1.82, 2.24) is 5.32 Å². The number of carbonyl (C=O) groups excluding carboxylic acids is 1. The summed E-state index contributed by atoms with van der Waals surface area (Å²) in [5.41, 5.74) is 4.99. The van der Waals surface area contributed by atoms with E-state index < -0.39 is 17.9 Å². The van der Waals surface area contributed by atoms with Crippen LogP contribution in [0.5, 0.6) is 0 Å². The summed E-state index contributed by atoms with van der Waals surface area (Å²) in [7, 11) is 0. The summed E-state index contributed by atoms with van der Waals surface area (Å²) in [6.07, 6.45) is 5.31. The highest BCUT2D eigenvalue weighted by Crippen LogP contribution is 2.18. The van der Waals surface area contributed by atoms with E-state index in [4.69, 9.17) is 10.8 Å². The maximum absolute atomic E-state index is 10.8. The molecule has 1 aliphatic rings. The van der Waals surface area contributed by atoms with Gasteiger partial charge in [0.15, 0.2) is 0 Å². The molecule has 0 spiro atoms. The molecule has 5 nitrogen and oxygen atoms in total. The van der Waals surface area contributed by atoms with Crippen molar-refractivity contribution in [3.63, 3.8) is 0 Å². The van der Waals surface area contributed by atoms with Crippen molar-refractivity contribution >= 4 is 11.9 Å². The van der Waals surface area contributed by atoms with Crippen LogP contribution in [0.3, 0.4) is 0 Å². The number of hydrogen-bond donors (Lipinski definition) is 3. The van der Waals surface area contributed by atoms with Crippen molar-refractivity contribution < 1.29 is 14.7 Å². The SMILES string of the molecule is NC(=O)CC(NC1CCCCC1)C(=O)O. The van der Waals surface area contributed by atoms with Crippen molar-refractivity contribution in [2.75, 3.05) is 0 Å². The van der Waals surface area contributed by atoms with Crippen molar-refractivity contribution in [2.45, 2.75) is 50.6 Å². The maximum atomic E-state index is 10.8. The summed E-state index contributed by atoms with van der Waals surface area (Å²) in [5.74, 6) is -1.58. The van der Waals surface area contributed by atoms with Gasteiger partial charge in [0.1, 0.15) is 6.04 Å². The topological polar surface area (TPSA) is 92.4 Å². The molecule has 0 aromatic carbocycles. The fourth-order valence-corrected chi connectivity index (χ4v) is 1.97. The summed E-state index contributed by atoms with van der Waals surface area (Å²) in [6, 6.07) is -0.607. The third-order valence-electron chi connectivity index (χ3n) is 2.75. The van der Waals surface area contributed by atoms with Gasteiger partial charge in [-0.2, -0.15) is 0 Å². The average molecular weight is 214 g/mol. The lowest BCUT2D eigenvalue weighted by Gasteiger charge is -2.25. The lowest BCUT2D eigenvalue weighted by atomic mass is 9.94. The molecular weight excluding hydrogens is 196 g/mol. The number of aliphatic carboxylic acids is 1. The van der Waals surface area contributed by atoms with E-state index in [9.17, 15) is 9.59 Å². The van der Waals surface area contributed by atoms with Gasteiger partial charge >= 0.3 is 5.97 Å². The van der Waals surface area contributed by atoms with Crippen molar-refractivity contribution in [1.29, 1.82) is 0 Å². The van der Waals surface area contributed by atoms with Gasteiger partial charge in [-0.05, 0) is 12.8 Å². The number of amides is 1. The fourth-order valence-electron chi connectivity index (χ4n) is 1.97. The van der Waals surface area contributed by atoms with E-state index in [1.165, 1.54) is 6.42 Å². The Balaban J connectivity index is 2.42. The average Bonchev–Trinajstić information content (AvgIpc) is 2.17. The van der Waals surface area contributed by atoms with Crippen LogP contribution in [0.1, 0.15) is 38.5 Å². The molecule has 0 bridgehead atoms. The molecule has 5 heteroatoms. The van der Waals surface area contributed by atoms with E-state index in [-0.39, 0.29) is 12.5 Å². The highest BCUT2D eigenvalue weighted by atomic mass is 16.4. The van der Waals surface area contributed by atoms with Gasteiger partial charge in [0.2, 0.25) is 5.91 Å². The summed E-state index contributed by atoms with van der Waals surface area (Å²) in [4.78, 5) is 21.5. The second kappa shape index (κ2) is 5.70. The fraction of sp³-hybridized carbons (Fsp3) is 0.800. The van der Waals surface area contributed by atoms with Crippen LogP contribution in [0.25, 0.3) is 0 Å². The molecule has 0 aliphatic heterocycles. The van der Waals surface area contributed by atoms with E-state index in [0.717, 1.165) is 25.7 Å². The normalized spacial score (nSPS) is 19.7. The van der Waals surface area contributed by atoms with Crippen LogP contribution < -0.4 is 11.1 Å². The molecule has 15 heavy (non-hydrogen) atoms. The van der Waals surface area contributed by atoms with Crippen LogP contribution in [0.2, 0.25) is 0 Å². The Bertz CT molecular complexity index is 237. The van der Waals surface area contributed by atoms with Gasteiger partial charge in [-0.3, -0.25) is 9.59 Å². The largest absolute Gasteiger partial charge is 0.480 e. The highest BCUT2D eigenvalue weighted by Gasteiger charge is 2.24. The van der Waals surface area contributed by atoms with E-state index in [1.54, 1.807) is 0 Å². The third-order valence-corrected chi connectivity index (χ3v) is 2.75. The molecule has 1 fully saturated rings. The predicted octanol–water partition coefficient (Wildman–Crippen LogP) is 0.237. The highest BCUT2D eigenvalue weighted by molar-refractivity contribution is 5.83. The molecule has 86 valence electrons. The first-order chi connectivity index (χ1) is 7.09. The minimum absolute atomic E-state index is 0.133. The van der Waals surface area contributed by atoms with Gasteiger partial charge in [0.25, 0.3) is 0 Å². The predicted molar refractivity (Wildman–Crippen MR) is 55.2 cm³/mol. The third kappa shape index (κ3) is 4.29. The molecule has 0 aromatic heterocycles. The summed E-state index contributed by atoms with van der Waals surface area (Å²) in [5, 5.41) is 11.9. The Morgan fingerprint density at radius 3 is 2.40 bits per heavy atom. The minimum Gasteiger partial charge on any atom is -0.480 e. The van der Waals surface area contributed by atoms with E-state index in [0.29, 0.717) is 0 Å². The minimum atomic E-state index is -1.00.